The number of ketones is 1. The molecule has 0 aliphatic carbocycles. The molecule has 0 atom stereocenters. The van der Waals surface area contributed by atoms with Gasteiger partial charge in [0.15, 0.2) is 5.78 Å². The van der Waals surface area contributed by atoms with Crippen LogP contribution in [0.3, 0.4) is 0 Å². The van der Waals surface area contributed by atoms with Gasteiger partial charge in [0.25, 0.3) is 0 Å². The van der Waals surface area contributed by atoms with E-state index >= 15 is 0 Å². The Labute approximate surface area is 125 Å². The van der Waals surface area contributed by atoms with E-state index in [2.05, 4.69) is 5.10 Å². The predicted octanol–water partition coefficient (Wildman–Crippen LogP) is 3.25. The molecule has 0 saturated heterocycles. The molecule has 0 bridgehead atoms. The third kappa shape index (κ3) is 3.51. The summed E-state index contributed by atoms with van der Waals surface area (Å²) in [6.07, 6.45) is 1.24. The number of nitrogens with zero attached hydrogens (tertiary/aromatic N) is 2. The Bertz CT molecular complexity index is 627. The lowest BCUT2D eigenvalue weighted by molar-refractivity contribution is 0.0983. The number of benzene rings is 1. The number of aryl methyl sites for hydroxylation is 2. The van der Waals surface area contributed by atoms with Crippen molar-refractivity contribution in [2.75, 3.05) is 6.61 Å². The van der Waals surface area contributed by atoms with Crippen molar-refractivity contribution in [3.8, 4) is 5.75 Å². The van der Waals surface area contributed by atoms with Crippen LogP contribution in [0.2, 0.25) is 0 Å². The third-order valence-corrected chi connectivity index (χ3v) is 3.75. The van der Waals surface area contributed by atoms with Gasteiger partial charge >= 0.3 is 0 Å². The molecule has 112 valence electrons. The predicted molar refractivity (Wildman–Crippen MR) is 82.9 cm³/mol. The molecule has 21 heavy (non-hydrogen) atoms. The molecule has 4 nitrogen and oxygen atoms in total. The van der Waals surface area contributed by atoms with Gasteiger partial charge in [-0.15, -0.1) is 0 Å². The Hall–Kier alpha value is -2.10. The maximum Gasteiger partial charge on any atom is 0.163 e. The Kier molecular flexibility index (Phi) is 4.78. The maximum absolute atomic E-state index is 12.2. The molecule has 0 aliphatic heterocycles. The van der Waals surface area contributed by atoms with Crippen LogP contribution in [0.5, 0.6) is 5.75 Å². The van der Waals surface area contributed by atoms with Gasteiger partial charge in [-0.25, -0.2) is 0 Å². The topological polar surface area (TPSA) is 44.1 Å². The van der Waals surface area contributed by atoms with E-state index in [0.29, 0.717) is 13.0 Å². The molecule has 0 N–H and O–H groups in total. The van der Waals surface area contributed by atoms with E-state index in [1.54, 1.807) is 0 Å². The van der Waals surface area contributed by atoms with Gasteiger partial charge in [-0.3, -0.25) is 9.48 Å². The molecular formula is C17H22N2O2. The minimum absolute atomic E-state index is 0.153. The van der Waals surface area contributed by atoms with Crippen LogP contribution in [0, 0.1) is 13.8 Å². The monoisotopic (exact) mass is 286 g/mol. The number of carbonyl (C=O) groups is 1. The average Bonchev–Trinajstić information content (AvgIpc) is 2.71. The van der Waals surface area contributed by atoms with Crippen LogP contribution in [-0.2, 0) is 13.5 Å². The van der Waals surface area contributed by atoms with Crippen molar-refractivity contribution in [1.82, 2.24) is 9.78 Å². The molecule has 1 heterocycles. The summed E-state index contributed by atoms with van der Waals surface area (Å²) in [5.41, 5.74) is 4.05. The number of hydrogen-bond acceptors (Lipinski definition) is 3. The van der Waals surface area contributed by atoms with Gasteiger partial charge in [0.1, 0.15) is 5.75 Å². The summed E-state index contributed by atoms with van der Waals surface area (Å²) in [4.78, 5) is 12.2. The van der Waals surface area contributed by atoms with E-state index in [4.69, 9.17) is 4.74 Å². The molecule has 0 fully saturated rings. The quantitative estimate of drug-likeness (QED) is 0.766. The fourth-order valence-electron chi connectivity index (χ4n) is 2.47. The highest BCUT2D eigenvalue weighted by Gasteiger charge is 2.12. The van der Waals surface area contributed by atoms with Gasteiger partial charge in [0.2, 0.25) is 0 Å². The zero-order valence-electron chi connectivity index (χ0n) is 13.1. The van der Waals surface area contributed by atoms with Crippen molar-refractivity contribution in [2.45, 2.75) is 33.6 Å². The van der Waals surface area contributed by atoms with Gasteiger partial charge in [-0.05, 0) is 57.0 Å². The highest BCUT2D eigenvalue weighted by Crippen LogP contribution is 2.17. The van der Waals surface area contributed by atoms with E-state index in [0.717, 1.165) is 29.1 Å². The number of aromatic nitrogens is 2. The number of Topliss-reactive ketones (excluding diaryl/α,β-unsaturated/α-hetero) is 1. The molecule has 0 aliphatic rings. The molecule has 0 spiro atoms. The fraction of sp³-hybridized carbons (Fsp3) is 0.412. The van der Waals surface area contributed by atoms with Gasteiger partial charge in [0.05, 0.1) is 12.3 Å². The number of ether oxygens (including phenoxy) is 1. The third-order valence-electron chi connectivity index (χ3n) is 3.75. The number of hydrogen-bond donors (Lipinski definition) is 0. The molecule has 1 aromatic heterocycles. The second kappa shape index (κ2) is 6.57. The molecule has 1 aromatic carbocycles. The Morgan fingerprint density at radius 2 is 1.90 bits per heavy atom. The fourth-order valence-corrected chi connectivity index (χ4v) is 2.47. The minimum Gasteiger partial charge on any atom is -0.494 e. The molecule has 2 aromatic rings. The van der Waals surface area contributed by atoms with E-state index in [1.807, 2.05) is 56.8 Å². The normalized spacial score (nSPS) is 10.7. The van der Waals surface area contributed by atoms with Crippen molar-refractivity contribution in [1.29, 1.82) is 0 Å². The second-order valence-electron chi connectivity index (χ2n) is 5.15. The van der Waals surface area contributed by atoms with Crippen LogP contribution in [0.4, 0.5) is 0 Å². The summed E-state index contributed by atoms with van der Waals surface area (Å²) in [6, 6.07) is 7.35. The molecule has 0 amide bonds. The van der Waals surface area contributed by atoms with Gasteiger partial charge in [0, 0.05) is 24.7 Å². The summed E-state index contributed by atoms with van der Waals surface area (Å²) < 4.78 is 7.25. The van der Waals surface area contributed by atoms with Crippen molar-refractivity contribution in [3.05, 3.63) is 46.8 Å². The molecule has 0 unspecified atom stereocenters. The molecular weight excluding hydrogens is 264 g/mol. The van der Waals surface area contributed by atoms with Crippen molar-refractivity contribution in [3.63, 3.8) is 0 Å². The highest BCUT2D eigenvalue weighted by atomic mass is 16.5. The first-order chi connectivity index (χ1) is 10.0. The van der Waals surface area contributed by atoms with Crippen LogP contribution in [0.15, 0.2) is 24.3 Å². The lowest BCUT2D eigenvalue weighted by Crippen LogP contribution is -2.03. The number of rotatable bonds is 6. The van der Waals surface area contributed by atoms with E-state index in [9.17, 15) is 4.79 Å². The first-order valence-electron chi connectivity index (χ1n) is 7.28. The largest absolute Gasteiger partial charge is 0.494 e. The first-order valence-corrected chi connectivity index (χ1v) is 7.28. The lowest BCUT2D eigenvalue weighted by atomic mass is 10.0. The van der Waals surface area contributed by atoms with Crippen molar-refractivity contribution in [2.24, 2.45) is 7.05 Å². The SMILES string of the molecule is CCOc1ccc(C(=O)CCc2c(C)nn(C)c2C)cc1. The summed E-state index contributed by atoms with van der Waals surface area (Å²) in [7, 11) is 1.93. The van der Waals surface area contributed by atoms with Crippen LogP contribution in [0.25, 0.3) is 0 Å². The van der Waals surface area contributed by atoms with Crippen LogP contribution in [0.1, 0.15) is 40.7 Å². The van der Waals surface area contributed by atoms with Crippen LogP contribution >= 0.6 is 0 Å². The summed E-state index contributed by atoms with van der Waals surface area (Å²) >= 11 is 0. The smallest absolute Gasteiger partial charge is 0.163 e. The summed E-state index contributed by atoms with van der Waals surface area (Å²) in [6.45, 7) is 6.60. The summed E-state index contributed by atoms with van der Waals surface area (Å²) in [5, 5.41) is 4.38. The summed E-state index contributed by atoms with van der Waals surface area (Å²) in [5.74, 6) is 0.952. The molecule has 0 saturated carbocycles. The number of carbonyl (C=O) groups excluding carboxylic acids is 1. The van der Waals surface area contributed by atoms with E-state index < -0.39 is 0 Å². The molecule has 0 radical (unpaired) electrons. The van der Waals surface area contributed by atoms with Gasteiger partial charge in [-0.1, -0.05) is 0 Å². The Morgan fingerprint density at radius 3 is 2.43 bits per heavy atom. The van der Waals surface area contributed by atoms with E-state index in [-0.39, 0.29) is 5.78 Å². The van der Waals surface area contributed by atoms with Crippen molar-refractivity contribution >= 4 is 5.78 Å². The minimum atomic E-state index is 0.153. The Balaban J connectivity index is 2.01. The van der Waals surface area contributed by atoms with Gasteiger partial charge in [-0.2, -0.15) is 5.10 Å². The highest BCUT2D eigenvalue weighted by molar-refractivity contribution is 5.96. The Morgan fingerprint density at radius 1 is 1.24 bits per heavy atom. The maximum atomic E-state index is 12.2. The molecule has 2 rings (SSSR count). The average molecular weight is 286 g/mol. The first kappa shape index (κ1) is 15.3. The lowest BCUT2D eigenvalue weighted by Gasteiger charge is -2.05. The second-order valence-corrected chi connectivity index (χ2v) is 5.15. The van der Waals surface area contributed by atoms with Crippen molar-refractivity contribution < 1.29 is 9.53 Å². The van der Waals surface area contributed by atoms with Crippen LogP contribution < -0.4 is 4.74 Å². The zero-order valence-corrected chi connectivity index (χ0v) is 13.1. The van der Waals surface area contributed by atoms with Gasteiger partial charge < -0.3 is 4.74 Å². The molecule has 4 heteroatoms. The van der Waals surface area contributed by atoms with Crippen LogP contribution in [-0.4, -0.2) is 22.2 Å². The standard InChI is InChI=1S/C17H22N2O2/c1-5-21-15-8-6-14(7-9-15)17(20)11-10-16-12(2)18-19(4)13(16)3/h6-9H,5,10-11H2,1-4H3. The van der Waals surface area contributed by atoms with E-state index in [1.165, 1.54) is 5.56 Å². The zero-order chi connectivity index (χ0) is 15.4.